The van der Waals surface area contributed by atoms with Crippen molar-refractivity contribution in [3.63, 3.8) is 0 Å². The van der Waals surface area contributed by atoms with Crippen LogP contribution in [-0.4, -0.2) is 47.3 Å². The van der Waals surface area contributed by atoms with Crippen LogP contribution in [0, 0.1) is 17.8 Å². The largest absolute Gasteiger partial charge is 0.395 e. The average Bonchev–Trinajstić information content (AvgIpc) is 2.62. The highest BCUT2D eigenvalue weighted by Gasteiger charge is 2.41. The minimum Gasteiger partial charge on any atom is -0.395 e. The second kappa shape index (κ2) is 10.0. The molecule has 1 aromatic rings. The smallest absolute Gasteiger partial charge is 0.302 e. The van der Waals surface area contributed by atoms with E-state index in [0.29, 0.717) is 23.1 Å². The van der Waals surface area contributed by atoms with Crippen molar-refractivity contribution < 1.29 is 19.3 Å². The number of nitrogens with zero attached hydrogens (tertiary/aromatic N) is 1. The standard InChI is InChI=1S/C20H34NO4P/c1-16(2)19-10-9-17(3)15-20(19)25-26(24,18-7-5-4-6-8-18)21(11-13-22)12-14-23/h4-8,16-17,19-20,22-23H,9-15H2,1-3H3/t17-,19+,20-,26-/m1/s1. The van der Waals surface area contributed by atoms with E-state index in [9.17, 15) is 14.8 Å². The molecule has 0 heterocycles. The lowest BCUT2D eigenvalue weighted by molar-refractivity contribution is 0.0405. The molecule has 0 saturated heterocycles. The van der Waals surface area contributed by atoms with Crippen molar-refractivity contribution in [2.24, 2.45) is 17.8 Å². The number of aliphatic hydroxyl groups is 2. The summed E-state index contributed by atoms with van der Waals surface area (Å²) in [5.41, 5.74) is 0. The fraction of sp³-hybridized carbons (Fsp3) is 0.700. The summed E-state index contributed by atoms with van der Waals surface area (Å²) in [6.07, 6.45) is 3.07. The molecule has 0 unspecified atom stereocenters. The molecular weight excluding hydrogens is 349 g/mol. The molecule has 5 nitrogen and oxygen atoms in total. The molecule has 6 heteroatoms. The summed E-state index contributed by atoms with van der Waals surface area (Å²) < 4.78 is 22.2. The maximum absolute atomic E-state index is 14.1. The number of rotatable bonds is 9. The van der Waals surface area contributed by atoms with E-state index in [1.807, 2.05) is 30.3 Å². The summed E-state index contributed by atoms with van der Waals surface area (Å²) in [5, 5.41) is 19.6. The van der Waals surface area contributed by atoms with Gasteiger partial charge in [-0.1, -0.05) is 45.4 Å². The van der Waals surface area contributed by atoms with Gasteiger partial charge in [-0.05, 0) is 42.7 Å². The van der Waals surface area contributed by atoms with Crippen LogP contribution >= 0.6 is 7.52 Å². The van der Waals surface area contributed by atoms with Gasteiger partial charge in [-0.3, -0.25) is 4.57 Å². The molecule has 1 fully saturated rings. The van der Waals surface area contributed by atoms with Crippen LogP contribution in [0.3, 0.4) is 0 Å². The van der Waals surface area contributed by atoms with Gasteiger partial charge in [0.05, 0.1) is 24.6 Å². The van der Waals surface area contributed by atoms with Gasteiger partial charge in [-0.15, -0.1) is 0 Å². The summed E-state index contributed by atoms with van der Waals surface area (Å²) in [7, 11) is -3.37. The fourth-order valence-electron chi connectivity index (χ4n) is 3.93. The predicted molar refractivity (Wildman–Crippen MR) is 106 cm³/mol. The highest BCUT2D eigenvalue weighted by molar-refractivity contribution is 7.64. The first-order chi connectivity index (χ1) is 12.4. The third-order valence-electron chi connectivity index (χ3n) is 5.41. The van der Waals surface area contributed by atoms with Crippen molar-refractivity contribution in [1.82, 2.24) is 4.67 Å². The van der Waals surface area contributed by atoms with Crippen LogP contribution in [0.25, 0.3) is 0 Å². The summed E-state index contributed by atoms with van der Waals surface area (Å²) in [5.74, 6) is 1.37. The van der Waals surface area contributed by atoms with E-state index in [2.05, 4.69) is 20.8 Å². The fourth-order valence-corrected chi connectivity index (χ4v) is 6.38. The van der Waals surface area contributed by atoms with Crippen molar-refractivity contribution in [3.8, 4) is 0 Å². The van der Waals surface area contributed by atoms with Gasteiger partial charge in [0, 0.05) is 13.1 Å². The van der Waals surface area contributed by atoms with Crippen LogP contribution in [0.15, 0.2) is 30.3 Å². The zero-order valence-corrected chi connectivity index (χ0v) is 17.1. The molecule has 1 aromatic carbocycles. The summed E-state index contributed by atoms with van der Waals surface area (Å²) in [4.78, 5) is 0. The van der Waals surface area contributed by atoms with Crippen LogP contribution < -0.4 is 5.30 Å². The van der Waals surface area contributed by atoms with Crippen LogP contribution in [0.2, 0.25) is 0 Å². The van der Waals surface area contributed by atoms with E-state index >= 15 is 0 Å². The van der Waals surface area contributed by atoms with Gasteiger partial charge >= 0.3 is 7.52 Å². The van der Waals surface area contributed by atoms with Crippen LogP contribution in [0.1, 0.15) is 40.0 Å². The van der Waals surface area contributed by atoms with Gasteiger partial charge in [0.25, 0.3) is 0 Å². The second-order valence-electron chi connectivity index (χ2n) is 7.73. The summed E-state index contributed by atoms with van der Waals surface area (Å²) in [6.45, 7) is 6.78. The first kappa shape index (κ1) is 21.6. The first-order valence-electron chi connectivity index (χ1n) is 9.73. The maximum Gasteiger partial charge on any atom is 0.302 e. The average molecular weight is 383 g/mol. The Morgan fingerprint density at radius 3 is 2.31 bits per heavy atom. The molecule has 0 bridgehead atoms. The predicted octanol–water partition coefficient (Wildman–Crippen LogP) is 3.27. The lowest BCUT2D eigenvalue weighted by Gasteiger charge is -2.41. The van der Waals surface area contributed by atoms with Crippen molar-refractivity contribution in [3.05, 3.63) is 30.3 Å². The topological polar surface area (TPSA) is 70.0 Å². The van der Waals surface area contributed by atoms with E-state index in [1.54, 1.807) is 4.67 Å². The van der Waals surface area contributed by atoms with E-state index in [1.165, 1.54) is 6.42 Å². The Labute approximate surface area is 157 Å². The van der Waals surface area contributed by atoms with Crippen molar-refractivity contribution in [2.45, 2.75) is 46.1 Å². The summed E-state index contributed by atoms with van der Waals surface area (Å²) in [6, 6.07) is 9.23. The quantitative estimate of drug-likeness (QED) is 0.641. The maximum atomic E-state index is 14.1. The van der Waals surface area contributed by atoms with E-state index in [4.69, 9.17) is 4.52 Å². The van der Waals surface area contributed by atoms with Gasteiger partial charge in [0.1, 0.15) is 0 Å². The zero-order valence-electron chi connectivity index (χ0n) is 16.3. The highest BCUT2D eigenvalue weighted by Crippen LogP contribution is 2.53. The molecule has 0 aromatic heterocycles. The van der Waals surface area contributed by atoms with Gasteiger partial charge in [-0.2, -0.15) is 0 Å². The Hall–Kier alpha value is -0.710. The Kier molecular flexibility index (Phi) is 8.31. The minimum atomic E-state index is -3.37. The molecular formula is C20H34NO4P. The van der Waals surface area contributed by atoms with E-state index in [0.717, 1.165) is 12.8 Å². The first-order valence-corrected chi connectivity index (χ1v) is 11.3. The molecule has 26 heavy (non-hydrogen) atoms. The molecule has 0 spiro atoms. The molecule has 0 amide bonds. The van der Waals surface area contributed by atoms with Gasteiger partial charge in [0.15, 0.2) is 0 Å². The molecule has 1 aliphatic rings. The number of hydrogen-bond donors (Lipinski definition) is 2. The van der Waals surface area contributed by atoms with Gasteiger partial charge in [0.2, 0.25) is 0 Å². The second-order valence-corrected chi connectivity index (χ2v) is 10.1. The van der Waals surface area contributed by atoms with Gasteiger partial charge in [-0.25, -0.2) is 4.67 Å². The molecule has 2 N–H and O–H groups in total. The lowest BCUT2D eigenvalue weighted by Crippen LogP contribution is -2.39. The zero-order chi connectivity index (χ0) is 19.2. The minimum absolute atomic E-state index is 0.0790. The molecule has 1 aliphatic carbocycles. The normalized spacial score (nSPS) is 26.2. The molecule has 4 atom stereocenters. The van der Waals surface area contributed by atoms with Crippen molar-refractivity contribution in [1.29, 1.82) is 0 Å². The highest BCUT2D eigenvalue weighted by atomic mass is 31.2. The lowest BCUT2D eigenvalue weighted by atomic mass is 9.75. The molecule has 0 radical (unpaired) electrons. The number of benzene rings is 1. The molecule has 2 rings (SSSR count). The summed E-state index contributed by atoms with van der Waals surface area (Å²) >= 11 is 0. The van der Waals surface area contributed by atoms with Gasteiger partial charge < -0.3 is 14.7 Å². The van der Waals surface area contributed by atoms with Crippen LogP contribution in [-0.2, 0) is 9.09 Å². The van der Waals surface area contributed by atoms with Crippen molar-refractivity contribution >= 4 is 12.8 Å². The Morgan fingerprint density at radius 2 is 1.77 bits per heavy atom. The van der Waals surface area contributed by atoms with Crippen LogP contribution in [0.5, 0.6) is 0 Å². The Bertz CT molecular complexity index is 574. The monoisotopic (exact) mass is 383 g/mol. The number of hydrogen-bond acceptors (Lipinski definition) is 4. The third-order valence-corrected chi connectivity index (χ3v) is 8.06. The molecule has 0 aliphatic heterocycles. The molecule has 148 valence electrons. The number of aliphatic hydroxyl groups excluding tert-OH is 2. The Morgan fingerprint density at radius 1 is 1.15 bits per heavy atom. The Balaban J connectivity index is 2.38. The SMILES string of the molecule is CC(C)[C@@H]1CC[C@@H](C)C[C@H]1O[P@](=O)(c1ccccc1)N(CCO)CCO. The van der Waals surface area contributed by atoms with Crippen LogP contribution in [0.4, 0.5) is 0 Å². The molecule has 1 saturated carbocycles. The third kappa shape index (κ3) is 5.17. The van der Waals surface area contributed by atoms with E-state index < -0.39 is 7.52 Å². The van der Waals surface area contributed by atoms with Crippen molar-refractivity contribution in [2.75, 3.05) is 26.3 Å². The van der Waals surface area contributed by atoms with E-state index in [-0.39, 0.29) is 32.4 Å².